The SMILES string of the molecule is CC(C)(C)ON1C(C)(C)c2ccccc2C1(C)C. The lowest BCUT2D eigenvalue weighted by molar-refractivity contribution is -0.309. The Morgan fingerprint density at radius 1 is 0.889 bits per heavy atom. The van der Waals surface area contributed by atoms with E-state index >= 15 is 0 Å². The summed E-state index contributed by atoms with van der Waals surface area (Å²) in [6, 6.07) is 8.64. The number of hydrogen-bond acceptors (Lipinski definition) is 2. The number of nitrogens with zero attached hydrogens (tertiary/aromatic N) is 1. The van der Waals surface area contributed by atoms with Gasteiger partial charge >= 0.3 is 0 Å². The lowest BCUT2D eigenvalue weighted by Gasteiger charge is -2.43. The molecule has 0 atom stereocenters. The van der Waals surface area contributed by atoms with E-state index in [1.165, 1.54) is 11.1 Å². The first kappa shape index (κ1) is 13.6. The summed E-state index contributed by atoms with van der Waals surface area (Å²) in [6.45, 7) is 15.2. The molecule has 2 nitrogen and oxygen atoms in total. The lowest BCUT2D eigenvalue weighted by atomic mass is 9.91. The van der Waals surface area contributed by atoms with Crippen molar-refractivity contribution >= 4 is 0 Å². The zero-order chi connectivity index (χ0) is 13.8. The molecular formula is C16H25NO. The summed E-state index contributed by atoms with van der Waals surface area (Å²) in [6.07, 6.45) is 0. The van der Waals surface area contributed by atoms with E-state index < -0.39 is 0 Å². The van der Waals surface area contributed by atoms with E-state index in [0.717, 1.165) is 0 Å². The van der Waals surface area contributed by atoms with Crippen LogP contribution in [0, 0.1) is 0 Å². The van der Waals surface area contributed by atoms with Crippen LogP contribution >= 0.6 is 0 Å². The fourth-order valence-corrected chi connectivity index (χ4v) is 2.97. The molecule has 1 aliphatic heterocycles. The van der Waals surface area contributed by atoms with Gasteiger partial charge in [0.05, 0.1) is 16.7 Å². The molecule has 0 radical (unpaired) electrons. The van der Waals surface area contributed by atoms with Gasteiger partial charge < -0.3 is 0 Å². The Bertz CT molecular complexity index is 419. The highest BCUT2D eigenvalue weighted by atomic mass is 16.7. The van der Waals surface area contributed by atoms with E-state index in [4.69, 9.17) is 4.84 Å². The second-order valence-electron chi connectivity index (χ2n) is 7.16. The monoisotopic (exact) mass is 247 g/mol. The predicted molar refractivity (Wildman–Crippen MR) is 75.2 cm³/mol. The third kappa shape index (κ3) is 1.98. The van der Waals surface area contributed by atoms with Gasteiger partial charge in [-0.1, -0.05) is 24.3 Å². The van der Waals surface area contributed by atoms with Crippen molar-refractivity contribution in [3.8, 4) is 0 Å². The maximum absolute atomic E-state index is 6.24. The second-order valence-corrected chi connectivity index (χ2v) is 7.16. The minimum atomic E-state index is -0.184. The quantitative estimate of drug-likeness (QED) is 0.737. The lowest BCUT2D eigenvalue weighted by Crippen LogP contribution is -2.49. The molecule has 2 heteroatoms. The minimum Gasteiger partial charge on any atom is -0.292 e. The number of fused-ring (bicyclic) bond motifs is 1. The van der Waals surface area contributed by atoms with Crippen LogP contribution in [0.5, 0.6) is 0 Å². The predicted octanol–water partition coefficient (Wildman–Crippen LogP) is 4.20. The van der Waals surface area contributed by atoms with E-state index in [1.807, 2.05) is 0 Å². The highest BCUT2D eigenvalue weighted by molar-refractivity contribution is 5.42. The van der Waals surface area contributed by atoms with Gasteiger partial charge in [-0.05, 0) is 59.6 Å². The van der Waals surface area contributed by atoms with Gasteiger partial charge in [0.15, 0.2) is 0 Å². The van der Waals surface area contributed by atoms with Crippen LogP contribution in [0.2, 0.25) is 0 Å². The Balaban J connectivity index is 2.52. The molecule has 0 spiro atoms. The fraction of sp³-hybridized carbons (Fsp3) is 0.625. The van der Waals surface area contributed by atoms with Gasteiger partial charge in [-0.3, -0.25) is 4.84 Å². The van der Waals surface area contributed by atoms with E-state index in [-0.39, 0.29) is 16.7 Å². The summed E-state index contributed by atoms with van der Waals surface area (Å²) >= 11 is 0. The van der Waals surface area contributed by atoms with Crippen molar-refractivity contribution in [3.63, 3.8) is 0 Å². The van der Waals surface area contributed by atoms with Gasteiger partial charge in [0, 0.05) is 0 Å². The normalized spacial score (nSPS) is 21.9. The van der Waals surface area contributed by atoms with Crippen LogP contribution in [-0.4, -0.2) is 10.7 Å². The summed E-state index contributed by atoms with van der Waals surface area (Å²) < 4.78 is 0. The molecule has 1 aliphatic rings. The third-order valence-corrected chi connectivity index (χ3v) is 3.63. The number of hydrogen-bond donors (Lipinski definition) is 0. The Labute approximate surface area is 111 Å². The molecule has 100 valence electrons. The summed E-state index contributed by atoms with van der Waals surface area (Å²) in [5.74, 6) is 0. The van der Waals surface area contributed by atoms with Crippen LogP contribution in [0.4, 0.5) is 0 Å². The summed E-state index contributed by atoms with van der Waals surface area (Å²) in [4.78, 5) is 6.24. The Morgan fingerprint density at radius 3 is 1.61 bits per heavy atom. The zero-order valence-electron chi connectivity index (χ0n) is 12.7. The minimum absolute atomic E-state index is 0.104. The van der Waals surface area contributed by atoms with E-state index in [0.29, 0.717) is 0 Å². The molecule has 2 rings (SSSR count). The molecule has 0 saturated carbocycles. The van der Waals surface area contributed by atoms with Gasteiger partial charge in [0.2, 0.25) is 0 Å². The maximum Gasteiger partial charge on any atom is 0.0816 e. The van der Waals surface area contributed by atoms with Gasteiger partial charge in [0.1, 0.15) is 0 Å². The fourth-order valence-electron chi connectivity index (χ4n) is 2.97. The standard InChI is InChI=1S/C16H25NO/c1-14(2,3)18-17-15(4,5)12-10-8-9-11-13(12)16(17,6)7/h8-11H,1-7H3. The Hall–Kier alpha value is -0.860. The Morgan fingerprint density at radius 2 is 1.28 bits per heavy atom. The van der Waals surface area contributed by atoms with Crippen LogP contribution < -0.4 is 0 Å². The molecule has 0 N–H and O–H groups in total. The van der Waals surface area contributed by atoms with Crippen LogP contribution in [0.1, 0.15) is 59.6 Å². The van der Waals surface area contributed by atoms with Gasteiger partial charge in [-0.2, -0.15) is 5.06 Å². The van der Waals surface area contributed by atoms with E-state index in [2.05, 4.69) is 77.8 Å². The largest absolute Gasteiger partial charge is 0.292 e. The van der Waals surface area contributed by atoms with E-state index in [1.54, 1.807) is 0 Å². The number of benzene rings is 1. The number of rotatable bonds is 1. The first-order chi connectivity index (χ1) is 8.07. The number of hydroxylamine groups is 2. The van der Waals surface area contributed by atoms with Crippen molar-refractivity contribution < 1.29 is 4.84 Å². The molecule has 1 heterocycles. The highest BCUT2D eigenvalue weighted by Crippen LogP contribution is 2.50. The summed E-state index contributed by atoms with van der Waals surface area (Å²) in [5, 5.41) is 2.16. The first-order valence-corrected chi connectivity index (χ1v) is 6.66. The topological polar surface area (TPSA) is 12.5 Å². The van der Waals surface area contributed by atoms with Crippen molar-refractivity contribution in [2.45, 2.75) is 65.1 Å². The Kier molecular flexibility index (Phi) is 2.88. The van der Waals surface area contributed by atoms with Crippen molar-refractivity contribution in [1.29, 1.82) is 0 Å². The average Bonchev–Trinajstić information content (AvgIpc) is 2.37. The summed E-state index contributed by atoms with van der Waals surface area (Å²) in [7, 11) is 0. The molecule has 0 saturated heterocycles. The smallest absolute Gasteiger partial charge is 0.0816 e. The molecule has 0 bridgehead atoms. The molecule has 0 aromatic heterocycles. The molecule has 0 aliphatic carbocycles. The van der Waals surface area contributed by atoms with Crippen molar-refractivity contribution in [2.24, 2.45) is 0 Å². The molecule has 0 amide bonds. The van der Waals surface area contributed by atoms with Crippen molar-refractivity contribution in [1.82, 2.24) is 5.06 Å². The molecule has 1 aromatic rings. The molecular weight excluding hydrogens is 222 g/mol. The molecule has 0 unspecified atom stereocenters. The van der Waals surface area contributed by atoms with Crippen LogP contribution in [0.15, 0.2) is 24.3 Å². The van der Waals surface area contributed by atoms with Gasteiger partial charge in [0.25, 0.3) is 0 Å². The van der Waals surface area contributed by atoms with E-state index in [9.17, 15) is 0 Å². The van der Waals surface area contributed by atoms with Crippen LogP contribution in [0.25, 0.3) is 0 Å². The van der Waals surface area contributed by atoms with Crippen molar-refractivity contribution in [2.75, 3.05) is 0 Å². The third-order valence-electron chi connectivity index (χ3n) is 3.63. The highest BCUT2D eigenvalue weighted by Gasteiger charge is 2.51. The van der Waals surface area contributed by atoms with Gasteiger partial charge in [-0.15, -0.1) is 0 Å². The average molecular weight is 247 g/mol. The zero-order valence-corrected chi connectivity index (χ0v) is 12.7. The maximum atomic E-state index is 6.24. The second kappa shape index (κ2) is 3.82. The van der Waals surface area contributed by atoms with Crippen LogP contribution in [-0.2, 0) is 15.9 Å². The molecule has 0 fully saturated rings. The molecule has 1 aromatic carbocycles. The van der Waals surface area contributed by atoms with Crippen molar-refractivity contribution in [3.05, 3.63) is 35.4 Å². The summed E-state index contributed by atoms with van der Waals surface area (Å²) in [5.41, 5.74) is 2.33. The molecule has 18 heavy (non-hydrogen) atoms. The van der Waals surface area contributed by atoms with Gasteiger partial charge in [-0.25, -0.2) is 0 Å². The van der Waals surface area contributed by atoms with Crippen LogP contribution in [0.3, 0.4) is 0 Å². The first-order valence-electron chi connectivity index (χ1n) is 6.66.